The summed E-state index contributed by atoms with van der Waals surface area (Å²) in [6, 6.07) is 0.154. The van der Waals surface area contributed by atoms with Gasteiger partial charge in [0.15, 0.2) is 0 Å². The summed E-state index contributed by atoms with van der Waals surface area (Å²) in [6.07, 6.45) is 2.16. The van der Waals surface area contributed by atoms with E-state index >= 15 is 0 Å². The van der Waals surface area contributed by atoms with E-state index in [1.807, 2.05) is 0 Å². The van der Waals surface area contributed by atoms with Gasteiger partial charge < -0.3 is 5.73 Å². The fraction of sp³-hybridized carbons (Fsp3) is 0.714. The molecule has 0 aliphatic carbocycles. The van der Waals surface area contributed by atoms with Crippen LogP contribution in [0.1, 0.15) is 41.5 Å². The molecule has 1 heteroatoms. The van der Waals surface area contributed by atoms with Crippen LogP contribution in [0.25, 0.3) is 0 Å². The van der Waals surface area contributed by atoms with Crippen molar-refractivity contribution < 1.29 is 0 Å². The molecule has 0 radical (unpaired) electrons. The topological polar surface area (TPSA) is 26.0 Å². The minimum absolute atomic E-state index is 0.154. The van der Waals surface area contributed by atoms with E-state index in [0.717, 1.165) is 0 Å². The maximum Gasteiger partial charge on any atom is 0.0277 e. The number of rotatable bonds is 5. The van der Waals surface area contributed by atoms with Crippen LogP contribution >= 0.6 is 0 Å². The summed E-state index contributed by atoms with van der Waals surface area (Å²) >= 11 is 0. The normalized spacial score (nSPS) is 17.0. The van der Waals surface area contributed by atoms with Gasteiger partial charge in [-0.15, -0.1) is 0 Å². The molecule has 0 aliphatic heterocycles. The Bertz CT molecular complexity index is 236. The van der Waals surface area contributed by atoms with Crippen LogP contribution in [0.5, 0.6) is 0 Å². The summed E-state index contributed by atoms with van der Waals surface area (Å²) in [7, 11) is 0. The van der Waals surface area contributed by atoms with Crippen molar-refractivity contribution in [1.29, 1.82) is 0 Å². The first-order chi connectivity index (χ1) is 6.77. The summed E-state index contributed by atoms with van der Waals surface area (Å²) in [5.74, 6) is 1.65. The number of nitrogens with two attached hydrogens (primary N) is 1. The molecule has 1 nitrogen and oxygen atoms in total. The van der Waals surface area contributed by atoms with E-state index in [-0.39, 0.29) is 6.04 Å². The minimum Gasteiger partial charge on any atom is -0.324 e. The molecule has 0 rings (SSSR count). The molecular formula is C14H27N. The summed E-state index contributed by atoms with van der Waals surface area (Å²) in [5.41, 5.74) is 8.51. The van der Waals surface area contributed by atoms with Crippen molar-refractivity contribution in [2.45, 2.75) is 47.6 Å². The van der Waals surface area contributed by atoms with E-state index in [1.54, 1.807) is 0 Å². The zero-order chi connectivity index (χ0) is 12.2. The Morgan fingerprint density at radius 3 is 1.87 bits per heavy atom. The fourth-order valence-corrected chi connectivity index (χ4v) is 1.47. The Hall–Kier alpha value is -0.560. The maximum atomic E-state index is 6.08. The van der Waals surface area contributed by atoms with Crippen LogP contribution in [-0.2, 0) is 0 Å². The molecule has 0 saturated carbocycles. The SMILES string of the molecule is C=C(/C=C(\C)C(N)C(C)C)C(C)C(C)C. The third-order valence-electron chi connectivity index (χ3n) is 3.24. The molecule has 88 valence electrons. The Kier molecular flexibility index (Phi) is 5.89. The van der Waals surface area contributed by atoms with Gasteiger partial charge in [0.05, 0.1) is 0 Å². The van der Waals surface area contributed by atoms with Gasteiger partial charge in [0, 0.05) is 6.04 Å². The Morgan fingerprint density at radius 1 is 1.07 bits per heavy atom. The molecule has 0 amide bonds. The van der Waals surface area contributed by atoms with Crippen molar-refractivity contribution >= 4 is 0 Å². The molecule has 0 bridgehead atoms. The lowest BCUT2D eigenvalue weighted by atomic mass is 9.88. The second kappa shape index (κ2) is 6.12. The number of hydrogen-bond acceptors (Lipinski definition) is 1. The van der Waals surface area contributed by atoms with E-state index in [4.69, 9.17) is 5.73 Å². The van der Waals surface area contributed by atoms with Gasteiger partial charge in [-0.1, -0.05) is 58.4 Å². The Labute approximate surface area is 95.4 Å². The molecule has 0 aliphatic rings. The molecule has 15 heavy (non-hydrogen) atoms. The van der Waals surface area contributed by atoms with Crippen molar-refractivity contribution in [1.82, 2.24) is 0 Å². The van der Waals surface area contributed by atoms with Crippen molar-refractivity contribution in [2.24, 2.45) is 23.5 Å². The van der Waals surface area contributed by atoms with E-state index in [9.17, 15) is 0 Å². The van der Waals surface area contributed by atoms with Crippen molar-refractivity contribution in [2.75, 3.05) is 0 Å². The van der Waals surface area contributed by atoms with Gasteiger partial charge in [0.25, 0.3) is 0 Å². The van der Waals surface area contributed by atoms with Crippen LogP contribution in [0.4, 0.5) is 0 Å². The summed E-state index contributed by atoms with van der Waals surface area (Å²) in [4.78, 5) is 0. The average Bonchev–Trinajstić information content (AvgIpc) is 2.14. The van der Waals surface area contributed by atoms with Crippen LogP contribution in [0.2, 0.25) is 0 Å². The van der Waals surface area contributed by atoms with Crippen molar-refractivity contribution in [3.63, 3.8) is 0 Å². The van der Waals surface area contributed by atoms with Crippen LogP contribution in [0.15, 0.2) is 23.8 Å². The smallest absolute Gasteiger partial charge is 0.0277 e. The molecule has 0 aromatic carbocycles. The monoisotopic (exact) mass is 209 g/mol. The Balaban J connectivity index is 4.55. The molecule has 0 saturated heterocycles. The fourth-order valence-electron chi connectivity index (χ4n) is 1.47. The van der Waals surface area contributed by atoms with Crippen LogP contribution in [0, 0.1) is 17.8 Å². The maximum absolute atomic E-state index is 6.08. The predicted octanol–water partition coefficient (Wildman–Crippen LogP) is 3.76. The summed E-state index contributed by atoms with van der Waals surface area (Å²) in [5, 5.41) is 0. The highest BCUT2D eigenvalue weighted by Gasteiger charge is 2.13. The second-order valence-electron chi connectivity index (χ2n) is 5.27. The minimum atomic E-state index is 0.154. The van der Waals surface area contributed by atoms with Gasteiger partial charge in [-0.3, -0.25) is 0 Å². The highest BCUT2D eigenvalue weighted by molar-refractivity contribution is 5.25. The van der Waals surface area contributed by atoms with Gasteiger partial charge in [0.2, 0.25) is 0 Å². The first-order valence-electron chi connectivity index (χ1n) is 5.90. The van der Waals surface area contributed by atoms with Crippen molar-refractivity contribution in [3.05, 3.63) is 23.8 Å². The van der Waals surface area contributed by atoms with Gasteiger partial charge in [-0.25, -0.2) is 0 Å². The van der Waals surface area contributed by atoms with Crippen molar-refractivity contribution in [3.8, 4) is 0 Å². The van der Waals surface area contributed by atoms with Gasteiger partial charge in [0.1, 0.15) is 0 Å². The van der Waals surface area contributed by atoms with E-state index in [2.05, 4.69) is 54.2 Å². The van der Waals surface area contributed by atoms with E-state index < -0.39 is 0 Å². The summed E-state index contributed by atoms with van der Waals surface area (Å²) in [6.45, 7) is 17.2. The largest absolute Gasteiger partial charge is 0.324 e. The van der Waals surface area contributed by atoms with E-state index in [1.165, 1.54) is 11.1 Å². The van der Waals surface area contributed by atoms with Crippen LogP contribution in [0.3, 0.4) is 0 Å². The first-order valence-corrected chi connectivity index (χ1v) is 5.90. The van der Waals surface area contributed by atoms with Gasteiger partial charge in [-0.2, -0.15) is 0 Å². The second-order valence-corrected chi connectivity index (χ2v) is 5.27. The summed E-state index contributed by atoms with van der Waals surface area (Å²) < 4.78 is 0. The molecule has 0 heterocycles. The Morgan fingerprint density at radius 2 is 1.53 bits per heavy atom. The predicted molar refractivity (Wildman–Crippen MR) is 69.7 cm³/mol. The molecule has 0 fully saturated rings. The number of allylic oxidation sites excluding steroid dienone is 2. The molecule has 2 N–H and O–H groups in total. The third-order valence-corrected chi connectivity index (χ3v) is 3.24. The standard InChI is InChI=1S/C14H27N/c1-9(2)13(7)11(5)8-12(6)14(15)10(3)4/h8-10,13-14H,5,15H2,1-4,6-7H3/b12-8+. The molecule has 0 spiro atoms. The zero-order valence-corrected chi connectivity index (χ0v) is 11.2. The third kappa shape index (κ3) is 4.65. The molecule has 0 aromatic heterocycles. The van der Waals surface area contributed by atoms with E-state index in [0.29, 0.717) is 17.8 Å². The highest BCUT2D eigenvalue weighted by Crippen LogP contribution is 2.21. The lowest BCUT2D eigenvalue weighted by Crippen LogP contribution is -2.27. The van der Waals surface area contributed by atoms with Crippen LogP contribution < -0.4 is 5.73 Å². The quantitative estimate of drug-likeness (QED) is 0.685. The first kappa shape index (κ1) is 14.4. The molecule has 2 unspecified atom stereocenters. The average molecular weight is 209 g/mol. The molecule has 2 atom stereocenters. The molecular weight excluding hydrogens is 182 g/mol. The molecule has 0 aromatic rings. The van der Waals surface area contributed by atoms with Crippen LogP contribution in [-0.4, -0.2) is 6.04 Å². The lowest BCUT2D eigenvalue weighted by Gasteiger charge is -2.20. The van der Waals surface area contributed by atoms with Gasteiger partial charge in [-0.05, 0) is 24.7 Å². The lowest BCUT2D eigenvalue weighted by molar-refractivity contribution is 0.487. The zero-order valence-electron chi connectivity index (χ0n) is 11.2. The van der Waals surface area contributed by atoms with Gasteiger partial charge >= 0.3 is 0 Å². The highest BCUT2D eigenvalue weighted by atomic mass is 14.6. The number of hydrogen-bond donors (Lipinski definition) is 1.